The van der Waals surface area contributed by atoms with Crippen LogP contribution in [0.4, 0.5) is 11.4 Å². The van der Waals surface area contributed by atoms with Crippen LogP contribution in [0.3, 0.4) is 0 Å². The summed E-state index contributed by atoms with van der Waals surface area (Å²) < 4.78 is 29.5. The SMILES string of the molecule is [C-]#[N+]CN1CCOCCN(CC#N)c2ccc(C)cc2OCCOc2cc(C3OCCO3)ccc21. The summed E-state index contributed by atoms with van der Waals surface area (Å²) in [6.07, 6.45) is -0.421. The largest absolute Gasteiger partial charge is 0.488 e. The number of aryl methyl sites for hydroxylation is 1. The minimum absolute atomic E-state index is 0.178. The monoisotopic (exact) mass is 478 g/mol. The van der Waals surface area contributed by atoms with Crippen LogP contribution < -0.4 is 19.3 Å². The highest BCUT2D eigenvalue weighted by molar-refractivity contribution is 5.61. The molecule has 2 aromatic carbocycles. The first kappa shape index (κ1) is 24.6. The molecule has 0 N–H and O–H groups in total. The second-order valence-electron chi connectivity index (χ2n) is 8.22. The topological polar surface area (TPSA) is 80.8 Å². The van der Waals surface area contributed by atoms with Gasteiger partial charge in [0.15, 0.2) is 6.29 Å². The lowest BCUT2D eigenvalue weighted by molar-refractivity contribution is -0.0442. The molecular weight excluding hydrogens is 448 g/mol. The quantitative estimate of drug-likeness (QED) is 0.490. The maximum absolute atomic E-state index is 9.36. The van der Waals surface area contributed by atoms with Gasteiger partial charge in [0.2, 0.25) is 0 Å². The number of anilines is 2. The zero-order valence-electron chi connectivity index (χ0n) is 19.9. The maximum atomic E-state index is 9.36. The molecule has 35 heavy (non-hydrogen) atoms. The lowest BCUT2D eigenvalue weighted by atomic mass is 10.1. The summed E-state index contributed by atoms with van der Waals surface area (Å²) in [6.45, 7) is 13.5. The first-order chi connectivity index (χ1) is 17.2. The number of fused-ring (bicyclic) bond motifs is 2. The van der Waals surface area contributed by atoms with Gasteiger partial charge < -0.3 is 28.6 Å². The molecule has 184 valence electrons. The van der Waals surface area contributed by atoms with Crippen LogP contribution in [-0.4, -0.2) is 65.9 Å². The standard InChI is InChI=1S/C26H30N4O5/c1-20-3-5-22-24(17-20)32-13-14-33-25-18-21(26-34-15-16-35-26)4-6-23(25)30(19-28-2)10-12-31-11-9-29(22)8-7-27/h3-6,17-18,26H,8-16,19H2,1H3. The van der Waals surface area contributed by atoms with Crippen molar-refractivity contribution in [3.8, 4) is 17.6 Å². The summed E-state index contributed by atoms with van der Waals surface area (Å²) in [5.41, 5.74) is 3.59. The molecule has 9 heteroatoms. The van der Waals surface area contributed by atoms with E-state index in [1.54, 1.807) is 0 Å². The Kier molecular flexibility index (Phi) is 8.63. The zero-order chi connectivity index (χ0) is 24.5. The highest BCUT2D eigenvalue weighted by Crippen LogP contribution is 2.35. The fourth-order valence-corrected chi connectivity index (χ4v) is 4.08. The van der Waals surface area contributed by atoms with E-state index in [1.165, 1.54) is 0 Å². The van der Waals surface area contributed by atoms with Crippen molar-refractivity contribution in [2.45, 2.75) is 13.2 Å². The van der Waals surface area contributed by atoms with Gasteiger partial charge in [-0.05, 0) is 36.8 Å². The average Bonchev–Trinajstić information content (AvgIpc) is 3.40. The Balaban J connectivity index is 1.60. The van der Waals surface area contributed by atoms with E-state index >= 15 is 0 Å². The minimum Gasteiger partial charge on any atom is -0.488 e. The van der Waals surface area contributed by atoms with E-state index < -0.39 is 6.29 Å². The van der Waals surface area contributed by atoms with Gasteiger partial charge in [-0.3, -0.25) is 9.74 Å². The Hall–Kier alpha value is -3.50. The molecule has 0 aromatic heterocycles. The maximum Gasteiger partial charge on any atom is 0.289 e. The van der Waals surface area contributed by atoms with Crippen molar-refractivity contribution in [1.82, 2.24) is 0 Å². The Morgan fingerprint density at radius 1 is 0.914 bits per heavy atom. The molecule has 0 amide bonds. The van der Waals surface area contributed by atoms with Crippen LogP contribution in [0.1, 0.15) is 17.4 Å². The third-order valence-corrected chi connectivity index (χ3v) is 5.79. The molecule has 0 aliphatic carbocycles. The van der Waals surface area contributed by atoms with Crippen molar-refractivity contribution in [2.24, 2.45) is 0 Å². The first-order valence-corrected chi connectivity index (χ1v) is 11.7. The summed E-state index contributed by atoms with van der Waals surface area (Å²) in [4.78, 5) is 7.48. The van der Waals surface area contributed by atoms with Crippen molar-refractivity contribution in [3.05, 3.63) is 58.9 Å². The van der Waals surface area contributed by atoms with E-state index in [0.29, 0.717) is 64.2 Å². The summed E-state index contributed by atoms with van der Waals surface area (Å²) in [7, 11) is 0. The molecule has 4 rings (SSSR count). The highest BCUT2D eigenvalue weighted by Gasteiger charge is 2.22. The van der Waals surface area contributed by atoms with Crippen molar-refractivity contribution in [1.29, 1.82) is 5.26 Å². The molecule has 0 saturated carbocycles. The highest BCUT2D eigenvalue weighted by atomic mass is 16.7. The molecule has 9 nitrogen and oxygen atoms in total. The van der Waals surface area contributed by atoms with E-state index in [0.717, 1.165) is 22.5 Å². The molecule has 2 aliphatic heterocycles. The van der Waals surface area contributed by atoms with Crippen molar-refractivity contribution in [3.63, 3.8) is 0 Å². The van der Waals surface area contributed by atoms with Gasteiger partial charge in [0, 0.05) is 18.7 Å². The van der Waals surface area contributed by atoms with Crippen LogP contribution in [0.25, 0.3) is 4.85 Å². The van der Waals surface area contributed by atoms with Crippen LogP contribution in [0.5, 0.6) is 11.5 Å². The van der Waals surface area contributed by atoms with Gasteiger partial charge in [-0.15, -0.1) is 0 Å². The molecule has 1 fully saturated rings. The van der Waals surface area contributed by atoms with Gasteiger partial charge in [-0.1, -0.05) is 12.1 Å². The second kappa shape index (κ2) is 12.3. The number of hydrogen-bond acceptors (Lipinski definition) is 8. The van der Waals surface area contributed by atoms with Crippen LogP contribution in [-0.2, 0) is 14.2 Å². The summed E-state index contributed by atoms with van der Waals surface area (Å²) in [5, 5.41) is 9.36. The fraction of sp³-hybridized carbons (Fsp3) is 0.462. The van der Waals surface area contributed by atoms with E-state index in [9.17, 15) is 5.26 Å². The van der Waals surface area contributed by atoms with Gasteiger partial charge in [-0.25, -0.2) is 6.57 Å². The first-order valence-electron chi connectivity index (χ1n) is 11.7. The smallest absolute Gasteiger partial charge is 0.289 e. The normalized spacial score (nSPS) is 17.6. The number of nitriles is 1. The molecule has 2 heterocycles. The fourth-order valence-electron chi connectivity index (χ4n) is 4.08. The van der Waals surface area contributed by atoms with Crippen LogP contribution in [0.15, 0.2) is 36.4 Å². The number of nitrogens with zero attached hydrogens (tertiary/aromatic N) is 4. The van der Waals surface area contributed by atoms with Gasteiger partial charge in [-0.2, -0.15) is 5.26 Å². The molecule has 2 aromatic rings. The predicted molar refractivity (Wildman–Crippen MR) is 131 cm³/mol. The minimum atomic E-state index is -0.421. The molecular formula is C26H30N4O5. The molecule has 1 saturated heterocycles. The lowest BCUT2D eigenvalue weighted by Crippen LogP contribution is -2.31. The number of ether oxygens (including phenoxy) is 5. The van der Waals surface area contributed by atoms with Crippen LogP contribution in [0.2, 0.25) is 0 Å². The Bertz CT molecular complexity index is 1070. The van der Waals surface area contributed by atoms with Gasteiger partial charge >= 0.3 is 0 Å². The molecule has 0 atom stereocenters. The Morgan fingerprint density at radius 3 is 2.29 bits per heavy atom. The molecule has 0 radical (unpaired) electrons. The van der Waals surface area contributed by atoms with Crippen LogP contribution in [0, 0.1) is 24.8 Å². The molecule has 0 unspecified atom stereocenters. The van der Waals surface area contributed by atoms with Gasteiger partial charge in [0.25, 0.3) is 6.67 Å². The van der Waals surface area contributed by atoms with E-state index in [1.807, 2.05) is 53.1 Å². The van der Waals surface area contributed by atoms with E-state index in [2.05, 4.69) is 10.9 Å². The Morgan fingerprint density at radius 2 is 1.57 bits per heavy atom. The molecule has 0 spiro atoms. The van der Waals surface area contributed by atoms with E-state index in [-0.39, 0.29) is 13.2 Å². The van der Waals surface area contributed by atoms with Crippen molar-refractivity contribution < 1.29 is 23.7 Å². The summed E-state index contributed by atoms with van der Waals surface area (Å²) in [5.74, 6) is 1.34. The van der Waals surface area contributed by atoms with Crippen LogP contribution >= 0.6 is 0 Å². The predicted octanol–water partition coefficient (Wildman–Crippen LogP) is 3.54. The van der Waals surface area contributed by atoms with Gasteiger partial charge in [0.05, 0.1) is 43.9 Å². The molecule has 0 bridgehead atoms. The third-order valence-electron chi connectivity index (χ3n) is 5.79. The Labute approximate surface area is 206 Å². The third kappa shape index (κ3) is 6.34. The summed E-state index contributed by atoms with van der Waals surface area (Å²) >= 11 is 0. The summed E-state index contributed by atoms with van der Waals surface area (Å²) in [6, 6.07) is 14.0. The van der Waals surface area contributed by atoms with Gasteiger partial charge in [0.1, 0.15) is 31.3 Å². The van der Waals surface area contributed by atoms with E-state index in [4.69, 9.17) is 30.3 Å². The zero-order valence-corrected chi connectivity index (χ0v) is 19.9. The number of benzene rings is 2. The van der Waals surface area contributed by atoms with Crippen molar-refractivity contribution >= 4 is 11.4 Å². The number of hydrogen-bond donors (Lipinski definition) is 0. The second-order valence-corrected chi connectivity index (χ2v) is 8.22. The van der Waals surface area contributed by atoms with Crippen molar-refractivity contribution in [2.75, 3.05) is 75.7 Å². The average molecular weight is 479 g/mol. The number of rotatable bonds is 3. The lowest BCUT2D eigenvalue weighted by Gasteiger charge is -2.25. The molecule has 2 aliphatic rings.